The van der Waals surface area contributed by atoms with Gasteiger partial charge in [-0.3, -0.25) is 4.72 Å². The number of benzene rings is 3. The Kier molecular flexibility index (Phi) is 6.41. The van der Waals surface area contributed by atoms with E-state index in [4.69, 9.17) is 14.0 Å². The molecule has 4 rings (SSSR count). The van der Waals surface area contributed by atoms with Crippen molar-refractivity contribution in [3.8, 4) is 17.0 Å². The molecule has 8 nitrogen and oxygen atoms in total. The largest absolute Gasteiger partial charge is 0.497 e. The normalized spacial score (nSPS) is 11.1. The number of aromatic nitrogens is 1. The van der Waals surface area contributed by atoms with Crippen molar-refractivity contribution in [2.24, 2.45) is 0 Å². The van der Waals surface area contributed by atoms with Crippen molar-refractivity contribution >= 4 is 21.7 Å². The van der Waals surface area contributed by atoms with Crippen LogP contribution in [0.15, 0.2) is 94.3 Å². The van der Waals surface area contributed by atoms with Gasteiger partial charge in [-0.25, -0.2) is 13.2 Å². The predicted octanol–water partition coefficient (Wildman–Crippen LogP) is 4.51. The van der Waals surface area contributed by atoms with Crippen molar-refractivity contribution in [2.45, 2.75) is 11.5 Å². The second-order valence-corrected chi connectivity index (χ2v) is 8.66. The summed E-state index contributed by atoms with van der Waals surface area (Å²) in [6.07, 6.45) is 0. The zero-order valence-electron chi connectivity index (χ0n) is 17.6. The fourth-order valence-electron chi connectivity index (χ4n) is 3.02. The lowest BCUT2D eigenvalue weighted by atomic mass is 10.1. The molecule has 0 saturated carbocycles. The minimum atomic E-state index is -3.77. The van der Waals surface area contributed by atoms with Gasteiger partial charge in [-0.05, 0) is 54.6 Å². The molecule has 0 amide bonds. The Morgan fingerprint density at radius 3 is 2.45 bits per heavy atom. The van der Waals surface area contributed by atoms with Crippen molar-refractivity contribution in [3.63, 3.8) is 0 Å². The first-order valence-corrected chi connectivity index (χ1v) is 11.4. The van der Waals surface area contributed by atoms with Gasteiger partial charge in [0.25, 0.3) is 10.0 Å². The summed E-state index contributed by atoms with van der Waals surface area (Å²) in [6, 6.07) is 23.0. The molecule has 4 aromatic rings. The fraction of sp³-hybridized carbons (Fsp3) is 0.0833. The van der Waals surface area contributed by atoms with E-state index in [0.717, 1.165) is 11.3 Å². The van der Waals surface area contributed by atoms with E-state index >= 15 is 0 Å². The number of rotatable bonds is 8. The lowest BCUT2D eigenvalue weighted by molar-refractivity contribution is 0.0437. The minimum absolute atomic E-state index is 0.121. The molecule has 0 aliphatic rings. The van der Waals surface area contributed by atoms with E-state index in [1.165, 1.54) is 24.3 Å². The van der Waals surface area contributed by atoms with Gasteiger partial charge in [0.15, 0.2) is 12.4 Å². The summed E-state index contributed by atoms with van der Waals surface area (Å²) in [4.78, 5) is 12.6. The standard InChI is InChI=1S/C24H20N2O6S/c1-30-20-12-10-17(11-13-20)23-15-21(32-25-23)16-31-24(27)18-6-5-7-19(14-18)26-33(28,29)22-8-3-2-4-9-22/h2-15,26H,16H2,1H3. The molecule has 0 aliphatic carbocycles. The molecule has 0 bridgehead atoms. The number of carbonyl (C=O) groups excluding carboxylic acids is 1. The van der Waals surface area contributed by atoms with E-state index in [-0.39, 0.29) is 22.8 Å². The SMILES string of the molecule is COc1ccc(-c2cc(COC(=O)c3cccc(NS(=O)(=O)c4ccccc4)c3)on2)cc1. The van der Waals surface area contributed by atoms with Crippen LogP contribution in [0.2, 0.25) is 0 Å². The van der Waals surface area contributed by atoms with Crippen LogP contribution in [0.5, 0.6) is 5.75 Å². The highest BCUT2D eigenvalue weighted by Crippen LogP contribution is 2.23. The Morgan fingerprint density at radius 1 is 0.970 bits per heavy atom. The van der Waals surface area contributed by atoms with Crippen LogP contribution in [0.1, 0.15) is 16.1 Å². The predicted molar refractivity (Wildman–Crippen MR) is 121 cm³/mol. The van der Waals surface area contributed by atoms with Crippen molar-refractivity contribution in [3.05, 3.63) is 96.3 Å². The van der Waals surface area contributed by atoms with Crippen LogP contribution in [0.25, 0.3) is 11.3 Å². The molecule has 0 spiro atoms. The van der Waals surface area contributed by atoms with Gasteiger partial charge in [-0.1, -0.05) is 29.4 Å². The van der Waals surface area contributed by atoms with Gasteiger partial charge in [0.2, 0.25) is 0 Å². The first kappa shape index (κ1) is 22.1. The Hall–Kier alpha value is -4.11. The van der Waals surface area contributed by atoms with Crippen molar-refractivity contribution in [1.82, 2.24) is 5.16 Å². The van der Waals surface area contributed by atoms with E-state index < -0.39 is 16.0 Å². The van der Waals surface area contributed by atoms with Crippen LogP contribution in [0, 0.1) is 0 Å². The van der Waals surface area contributed by atoms with Gasteiger partial charge in [0, 0.05) is 17.3 Å². The van der Waals surface area contributed by atoms with Gasteiger partial charge in [0.05, 0.1) is 17.6 Å². The number of ether oxygens (including phenoxy) is 2. The third-order valence-electron chi connectivity index (χ3n) is 4.69. The third-order valence-corrected chi connectivity index (χ3v) is 6.09. The molecule has 0 atom stereocenters. The maximum Gasteiger partial charge on any atom is 0.338 e. The molecule has 1 N–H and O–H groups in total. The van der Waals surface area contributed by atoms with Gasteiger partial charge < -0.3 is 14.0 Å². The maximum atomic E-state index is 12.5. The first-order chi connectivity index (χ1) is 15.9. The summed E-state index contributed by atoms with van der Waals surface area (Å²) < 4.78 is 43.1. The molecule has 168 valence electrons. The van der Waals surface area contributed by atoms with Gasteiger partial charge >= 0.3 is 5.97 Å². The van der Waals surface area contributed by atoms with Crippen LogP contribution >= 0.6 is 0 Å². The molecule has 33 heavy (non-hydrogen) atoms. The molecular weight excluding hydrogens is 444 g/mol. The topological polar surface area (TPSA) is 108 Å². The van der Waals surface area contributed by atoms with Crippen LogP contribution in [-0.2, 0) is 21.4 Å². The minimum Gasteiger partial charge on any atom is -0.497 e. The van der Waals surface area contributed by atoms with Crippen molar-refractivity contribution < 1.29 is 27.2 Å². The summed E-state index contributed by atoms with van der Waals surface area (Å²) in [5, 5.41) is 3.99. The summed E-state index contributed by atoms with van der Waals surface area (Å²) in [6.45, 7) is -0.123. The lowest BCUT2D eigenvalue weighted by Crippen LogP contribution is -2.13. The number of methoxy groups -OCH3 is 1. The number of hydrogen-bond donors (Lipinski definition) is 1. The monoisotopic (exact) mass is 464 g/mol. The second-order valence-electron chi connectivity index (χ2n) is 6.98. The molecular formula is C24H20N2O6S. The highest BCUT2D eigenvalue weighted by molar-refractivity contribution is 7.92. The zero-order valence-corrected chi connectivity index (χ0v) is 18.4. The van der Waals surface area contributed by atoms with Gasteiger partial charge in [-0.15, -0.1) is 0 Å². The second kappa shape index (κ2) is 9.58. The molecule has 9 heteroatoms. The Labute approximate surface area is 190 Å². The highest BCUT2D eigenvalue weighted by Gasteiger charge is 2.16. The number of anilines is 1. The molecule has 3 aromatic carbocycles. The smallest absolute Gasteiger partial charge is 0.338 e. The number of nitrogens with zero attached hydrogens (tertiary/aromatic N) is 1. The summed E-state index contributed by atoms with van der Waals surface area (Å²) in [7, 11) is -2.18. The summed E-state index contributed by atoms with van der Waals surface area (Å²) >= 11 is 0. The molecule has 1 heterocycles. The number of sulfonamides is 1. The maximum absolute atomic E-state index is 12.5. The molecule has 0 fully saturated rings. The Morgan fingerprint density at radius 2 is 1.73 bits per heavy atom. The van der Waals surface area contributed by atoms with Crippen molar-refractivity contribution in [2.75, 3.05) is 11.8 Å². The van der Waals surface area contributed by atoms with E-state index in [9.17, 15) is 13.2 Å². The number of nitrogens with one attached hydrogen (secondary N) is 1. The zero-order chi connectivity index (χ0) is 23.3. The third kappa shape index (κ3) is 5.39. The van der Waals surface area contributed by atoms with E-state index in [0.29, 0.717) is 11.5 Å². The molecule has 0 radical (unpaired) electrons. The number of hydrogen-bond acceptors (Lipinski definition) is 7. The molecule has 0 aliphatic heterocycles. The van der Waals surface area contributed by atoms with Crippen LogP contribution < -0.4 is 9.46 Å². The van der Waals surface area contributed by atoms with E-state index in [1.807, 2.05) is 24.3 Å². The molecule has 0 unspecified atom stereocenters. The quantitative estimate of drug-likeness (QED) is 0.382. The van der Waals surface area contributed by atoms with Gasteiger partial charge in [0.1, 0.15) is 11.4 Å². The van der Waals surface area contributed by atoms with E-state index in [1.54, 1.807) is 43.5 Å². The van der Waals surface area contributed by atoms with Gasteiger partial charge in [-0.2, -0.15) is 0 Å². The van der Waals surface area contributed by atoms with Crippen LogP contribution in [0.4, 0.5) is 5.69 Å². The van der Waals surface area contributed by atoms with Crippen LogP contribution in [-0.4, -0.2) is 26.7 Å². The molecule has 1 aromatic heterocycles. The first-order valence-electron chi connectivity index (χ1n) is 9.90. The van der Waals surface area contributed by atoms with E-state index in [2.05, 4.69) is 9.88 Å². The summed E-state index contributed by atoms with van der Waals surface area (Å²) in [5.41, 5.74) is 1.87. The summed E-state index contributed by atoms with van der Waals surface area (Å²) in [5.74, 6) is 0.470. The fourth-order valence-corrected chi connectivity index (χ4v) is 4.09. The average molecular weight is 464 g/mol. The van der Waals surface area contributed by atoms with Crippen LogP contribution in [0.3, 0.4) is 0 Å². The van der Waals surface area contributed by atoms with Crippen molar-refractivity contribution in [1.29, 1.82) is 0 Å². The number of esters is 1. The highest BCUT2D eigenvalue weighted by atomic mass is 32.2. The lowest BCUT2D eigenvalue weighted by Gasteiger charge is -2.09. The molecule has 0 saturated heterocycles. The Balaban J connectivity index is 1.40. The Bertz CT molecular complexity index is 1350. The number of carbonyl (C=O) groups is 1. The average Bonchev–Trinajstić information content (AvgIpc) is 3.32.